The molecule has 0 aliphatic rings. The highest BCUT2D eigenvalue weighted by atomic mass is 16.4. The summed E-state index contributed by atoms with van der Waals surface area (Å²) in [6, 6.07) is 8.01. The number of nitrogens with zero attached hydrogens (tertiary/aromatic N) is 2. The van der Waals surface area contributed by atoms with E-state index in [2.05, 4.69) is 0 Å². The second-order valence-electron chi connectivity index (χ2n) is 3.99. The fraction of sp³-hybridized carbons (Fsp3) is 0.385. The maximum absolute atomic E-state index is 12.2. The fourth-order valence-electron chi connectivity index (χ4n) is 1.56. The van der Waals surface area contributed by atoms with Gasteiger partial charge in [0.1, 0.15) is 6.04 Å². The predicted octanol–water partition coefficient (Wildman–Crippen LogP) is 2.04. The minimum Gasteiger partial charge on any atom is -0.480 e. The van der Waals surface area contributed by atoms with Crippen LogP contribution in [0.1, 0.15) is 13.8 Å². The van der Waals surface area contributed by atoms with Crippen LogP contribution >= 0.6 is 0 Å². The lowest BCUT2D eigenvalue weighted by Crippen LogP contribution is -2.48. The lowest BCUT2D eigenvalue weighted by atomic mass is 10.2. The van der Waals surface area contributed by atoms with Gasteiger partial charge < -0.3 is 10.0 Å². The Hall–Kier alpha value is -2.04. The number of carbonyl (C=O) groups excluding carboxylic acids is 1. The number of rotatable bonds is 4. The Morgan fingerprint density at radius 2 is 1.83 bits per heavy atom. The average Bonchev–Trinajstić information content (AvgIpc) is 2.38. The molecule has 0 bridgehead atoms. The Kier molecular flexibility index (Phi) is 4.71. The summed E-state index contributed by atoms with van der Waals surface area (Å²) in [6.45, 7) is 3.82. The van der Waals surface area contributed by atoms with Crippen LogP contribution in [0, 0.1) is 0 Å². The van der Waals surface area contributed by atoms with Gasteiger partial charge in [0.2, 0.25) is 0 Å². The number of likely N-dealkylation sites (N-methyl/N-ethyl adjacent to an activating group) is 1. The zero-order valence-electron chi connectivity index (χ0n) is 10.8. The largest absolute Gasteiger partial charge is 0.480 e. The second kappa shape index (κ2) is 6.05. The number of anilines is 1. The van der Waals surface area contributed by atoms with Crippen LogP contribution in [0.4, 0.5) is 10.5 Å². The number of hydrogen-bond donors (Lipinski definition) is 1. The molecule has 0 aliphatic carbocycles. The van der Waals surface area contributed by atoms with Crippen molar-refractivity contribution in [3.63, 3.8) is 0 Å². The number of urea groups is 1. The summed E-state index contributed by atoms with van der Waals surface area (Å²) < 4.78 is 0. The standard InChI is InChI=1S/C13H18N2O3/c1-4-15(11-8-6-5-7-9-11)13(18)14(3)10(2)12(16)17/h5-10H,4H2,1-3H3,(H,16,17). The van der Waals surface area contributed by atoms with Crippen molar-refractivity contribution in [2.75, 3.05) is 18.5 Å². The third kappa shape index (κ3) is 3.00. The molecule has 0 aromatic heterocycles. The van der Waals surface area contributed by atoms with Gasteiger partial charge in [-0.15, -0.1) is 0 Å². The van der Waals surface area contributed by atoms with Gasteiger partial charge in [0.15, 0.2) is 0 Å². The number of benzene rings is 1. The van der Waals surface area contributed by atoms with Crippen molar-refractivity contribution in [3.8, 4) is 0 Å². The number of carbonyl (C=O) groups is 2. The van der Waals surface area contributed by atoms with Crippen LogP contribution in [0.5, 0.6) is 0 Å². The molecular weight excluding hydrogens is 232 g/mol. The molecule has 0 heterocycles. The number of amides is 2. The van der Waals surface area contributed by atoms with Crippen LogP contribution in [0.3, 0.4) is 0 Å². The van der Waals surface area contributed by atoms with Gasteiger partial charge in [-0.05, 0) is 26.0 Å². The summed E-state index contributed by atoms with van der Waals surface area (Å²) in [5.74, 6) is -1.02. The highest BCUT2D eigenvalue weighted by molar-refractivity contribution is 5.94. The first kappa shape index (κ1) is 14.0. The molecule has 1 aromatic carbocycles. The molecule has 2 amide bonds. The van der Waals surface area contributed by atoms with Crippen molar-refractivity contribution in [2.24, 2.45) is 0 Å². The molecule has 0 spiro atoms. The van der Waals surface area contributed by atoms with E-state index in [9.17, 15) is 9.59 Å². The minimum atomic E-state index is -1.02. The number of carboxylic acid groups (broad SMARTS) is 1. The van der Waals surface area contributed by atoms with Crippen molar-refractivity contribution in [2.45, 2.75) is 19.9 Å². The molecule has 1 unspecified atom stereocenters. The van der Waals surface area contributed by atoms with Crippen LogP contribution in [-0.4, -0.2) is 41.6 Å². The fourth-order valence-corrected chi connectivity index (χ4v) is 1.56. The molecule has 5 heteroatoms. The molecule has 1 N–H and O–H groups in total. The van der Waals surface area contributed by atoms with Gasteiger partial charge in [0.05, 0.1) is 0 Å². The van der Waals surface area contributed by atoms with E-state index in [1.165, 1.54) is 18.9 Å². The lowest BCUT2D eigenvalue weighted by Gasteiger charge is -2.29. The first-order chi connectivity index (χ1) is 8.49. The molecule has 1 atom stereocenters. The molecule has 0 aliphatic heterocycles. The van der Waals surface area contributed by atoms with Gasteiger partial charge in [0.25, 0.3) is 0 Å². The molecule has 5 nitrogen and oxygen atoms in total. The number of carboxylic acids is 1. The summed E-state index contributed by atoms with van der Waals surface area (Å²) >= 11 is 0. The Balaban J connectivity index is 2.90. The Labute approximate surface area is 107 Å². The van der Waals surface area contributed by atoms with Crippen molar-refractivity contribution in [1.29, 1.82) is 0 Å². The van der Waals surface area contributed by atoms with Crippen LogP contribution in [-0.2, 0) is 4.79 Å². The van der Waals surface area contributed by atoms with E-state index < -0.39 is 12.0 Å². The van der Waals surface area contributed by atoms with Crippen molar-refractivity contribution >= 4 is 17.7 Å². The normalized spacial score (nSPS) is 11.7. The van der Waals surface area contributed by atoms with E-state index in [1.54, 1.807) is 4.90 Å². The van der Waals surface area contributed by atoms with E-state index in [4.69, 9.17) is 5.11 Å². The van der Waals surface area contributed by atoms with Gasteiger partial charge in [0, 0.05) is 19.3 Å². The lowest BCUT2D eigenvalue weighted by molar-refractivity contribution is -0.141. The number of aliphatic carboxylic acids is 1. The summed E-state index contributed by atoms with van der Waals surface area (Å²) in [6.07, 6.45) is 0. The third-order valence-electron chi connectivity index (χ3n) is 2.86. The van der Waals surface area contributed by atoms with Crippen LogP contribution in [0.25, 0.3) is 0 Å². The molecule has 1 aromatic rings. The Morgan fingerprint density at radius 1 is 1.28 bits per heavy atom. The topological polar surface area (TPSA) is 60.9 Å². The predicted molar refractivity (Wildman–Crippen MR) is 69.7 cm³/mol. The monoisotopic (exact) mass is 250 g/mol. The maximum atomic E-state index is 12.2. The van der Waals surface area contributed by atoms with Crippen molar-refractivity contribution in [1.82, 2.24) is 4.90 Å². The number of para-hydroxylation sites is 1. The van der Waals surface area contributed by atoms with E-state index in [0.717, 1.165) is 5.69 Å². The SMILES string of the molecule is CCN(C(=O)N(C)C(C)C(=O)O)c1ccccc1. The van der Waals surface area contributed by atoms with Gasteiger partial charge in [-0.25, -0.2) is 9.59 Å². The van der Waals surface area contributed by atoms with Crippen LogP contribution in [0.2, 0.25) is 0 Å². The highest BCUT2D eigenvalue weighted by Gasteiger charge is 2.25. The Morgan fingerprint density at radius 3 is 2.28 bits per heavy atom. The summed E-state index contributed by atoms with van der Waals surface area (Å²) in [5.41, 5.74) is 0.759. The van der Waals surface area contributed by atoms with Crippen LogP contribution in [0.15, 0.2) is 30.3 Å². The third-order valence-corrected chi connectivity index (χ3v) is 2.86. The molecule has 0 fully saturated rings. The molecule has 18 heavy (non-hydrogen) atoms. The molecule has 1 rings (SSSR count). The van der Waals surface area contributed by atoms with E-state index in [-0.39, 0.29) is 6.03 Å². The van der Waals surface area contributed by atoms with Gasteiger partial charge in [-0.2, -0.15) is 0 Å². The molecule has 0 saturated carbocycles. The maximum Gasteiger partial charge on any atom is 0.326 e. The Bertz CT molecular complexity index is 420. The minimum absolute atomic E-state index is 0.321. The van der Waals surface area contributed by atoms with Crippen LogP contribution < -0.4 is 4.90 Å². The van der Waals surface area contributed by atoms with E-state index in [1.807, 2.05) is 37.3 Å². The van der Waals surface area contributed by atoms with Gasteiger partial charge in [-0.3, -0.25) is 4.90 Å². The van der Waals surface area contributed by atoms with Crippen molar-refractivity contribution in [3.05, 3.63) is 30.3 Å². The second-order valence-corrected chi connectivity index (χ2v) is 3.99. The number of hydrogen-bond acceptors (Lipinski definition) is 2. The zero-order valence-corrected chi connectivity index (χ0v) is 10.8. The van der Waals surface area contributed by atoms with E-state index >= 15 is 0 Å². The summed E-state index contributed by atoms with van der Waals surface area (Å²) in [5, 5.41) is 8.91. The highest BCUT2D eigenvalue weighted by Crippen LogP contribution is 2.15. The molecule has 0 saturated heterocycles. The van der Waals surface area contributed by atoms with Crippen molar-refractivity contribution < 1.29 is 14.7 Å². The zero-order chi connectivity index (χ0) is 13.7. The van der Waals surface area contributed by atoms with Gasteiger partial charge >= 0.3 is 12.0 Å². The average molecular weight is 250 g/mol. The smallest absolute Gasteiger partial charge is 0.326 e. The summed E-state index contributed by atoms with van der Waals surface area (Å²) in [7, 11) is 1.49. The first-order valence-corrected chi connectivity index (χ1v) is 5.81. The molecule has 98 valence electrons. The quantitative estimate of drug-likeness (QED) is 0.889. The molecule has 0 radical (unpaired) electrons. The molecular formula is C13H18N2O3. The van der Waals surface area contributed by atoms with Gasteiger partial charge in [-0.1, -0.05) is 18.2 Å². The first-order valence-electron chi connectivity index (χ1n) is 5.81. The summed E-state index contributed by atoms with van der Waals surface area (Å²) in [4.78, 5) is 25.9. The van der Waals surface area contributed by atoms with E-state index in [0.29, 0.717) is 6.54 Å².